The van der Waals surface area contributed by atoms with Crippen LogP contribution in [0, 0.1) is 32.5 Å². The highest BCUT2D eigenvalue weighted by Crippen LogP contribution is 2.57. The van der Waals surface area contributed by atoms with Crippen molar-refractivity contribution in [1.29, 1.82) is 0 Å². The summed E-state index contributed by atoms with van der Waals surface area (Å²) in [5.74, 6) is 0. The van der Waals surface area contributed by atoms with E-state index in [1.54, 1.807) is 0 Å². The van der Waals surface area contributed by atoms with Crippen LogP contribution in [0.1, 0.15) is 95.9 Å². The van der Waals surface area contributed by atoms with E-state index in [1.165, 1.54) is 11.1 Å². The third-order valence-electron chi connectivity index (χ3n) is 8.27. The zero-order valence-corrected chi connectivity index (χ0v) is 22.9. The lowest BCUT2D eigenvalue weighted by molar-refractivity contribution is -0.0420. The molecule has 0 fully saturated rings. The molecule has 2 nitrogen and oxygen atoms in total. The van der Waals surface area contributed by atoms with Gasteiger partial charge < -0.3 is 10.2 Å². The van der Waals surface area contributed by atoms with Crippen molar-refractivity contribution >= 4 is 0 Å². The van der Waals surface area contributed by atoms with Crippen LogP contribution < -0.4 is 0 Å². The van der Waals surface area contributed by atoms with Crippen LogP contribution in [0.25, 0.3) is 0 Å². The van der Waals surface area contributed by atoms with E-state index in [9.17, 15) is 10.2 Å². The minimum atomic E-state index is -0.548. The highest BCUT2D eigenvalue weighted by Gasteiger charge is 2.52. The number of allylic oxidation sites excluding steroid dienone is 4. The lowest BCUT2D eigenvalue weighted by atomic mass is 9.52. The van der Waals surface area contributed by atoms with E-state index in [0.717, 1.165) is 12.8 Å². The molecule has 4 atom stereocenters. The molecule has 182 valence electrons. The van der Waals surface area contributed by atoms with Gasteiger partial charge in [-0.05, 0) is 45.6 Å². The third kappa shape index (κ3) is 4.87. The van der Waals surface area contributed by atoms with Crippen LogP contribution in [-0.2, 0) is 0 Å². The first-order valence-corrected chi connectivity index (χ1v) is 12.4. The molecular formula is C30H50O2. The van der Waals surface area contributed by atoms with Gasteiger partial charge in [0, 0.05) is 10.8 Å². The predicted octanol–water partition coefficient (Wildman–Crippen LogP) is 7.64. The maximum Gasteiger partial charge on any atom is 0.0819 e. The summed E-state index contributed by atoms with van der Waals surface area (Å²) in [5, 5.41) is 22.8. The van der Waals surface area contributed by atoms with Gasteiger partial charge in [-0.15, -0.1) is 0 Å². The normalized spacial score (nSPS) is 32.1. The van der Waals surface area contributed by atoms with E-state index in [2.05, 4.69) is 107 Å². The monoisotopic (exact) mass is 442 g/mol. The van der Waals surface area contributed by atoms with Crippen LogP contribution in [0.3, 0.4) is 0 Å². The lowest BCUT2D eigenvalue weighted by Crippen LogP contribution is -2.50. The fourth-order valence-electron chi connectivity index (χ4n) is 5.41. The molecule has 4 unspecified atom stereocenters. The minimum absolute atomic E-state index is 0.0151. The van der Waals surface area contributed by atoms with E-state index >= 15 is 0 Å². The van der Waals surface area contributed by atoms with Crippen molar-refractivity contribution in [2.45, 2.75) is 108 Å². The molecular weight excluding hydrogens is 392 g/mol. The van der Waals surface area contributed by atoms with Crippen molar-refractivity contribution < 1.29 is 10.2 Å². The Morgan fingerprint density at radius 3 is 1.09 bits per heavy atom. The second kappa shape index (κ2) is 8.27. The Bertz CT molecular complexity index is 741. The SMILES string of the molecule is CC(C)(C)C1=CC(CCC2(C(C)(C)C)C=C(C(C)(C)C)C=CC2O)(C(C)(C)C)C(O)C=C1. The van der Waals surface area contributed by atoms with Gasteiger partial charge in [-0.1, -0.05) is 120 Å². The lowest BCUT2D eigenvalue weighted by Gasteiger charge is -2.53. The Balaban J connectivity index is 2.62. The summed E-state index contributed by atoms with van der Waals surface area (Å²) in [4.78, 5) is 0. The summed E-state index contributed by atoms with van der Waals surface area (Å²) >= 11 is 0. The summed E-state index contributed by atoms with van der Waals surface area (Å²) < 4.78 is 0. The zero-order chi connectivity index (χ0) is 25.0. The first kappa shape index (κ1) is 27.1. The van der Waals surface area contributed by atoms with Crippen LogP contribution in [-0.4, -0.2) is 22.4 Å². The molecule has 2 heteroatoms. The molecule has 0 aliphatic heterocycles. The Hall–Kier alpha value is -1.12. The van der Waals surface area contributed by atoms with Gasteiger partial charge in [-0.25, -0.2) is 0 Å². The van der Waals surface area contributed by atoms with Gasteiger partial charge in [0.25, 0.3) is 0 Å². The molecule has 2 aliphatic carbocycles. The molecule has 0 saturated carbocycles. The first-order valence-electron chi connectivity index (χ1n) is 12.4. The van der Waals surface area contributed by atoms with Gasteiger partial charge in [0.1, 0.15) is 0 Å². The third-order valence-corrected chi connectivity index (χ3v) is 8.27. The van der Waals surface area contributed by atoms with E-state index in [1.807, 2.05) is 12.2 Å². The molecule has 0 amide bonds. The predicted molar refractivity (Wildman–Crippen MR) is 138 cm³/mol. The fourth-order valence-corrected chi connectivity index (χ4v) is 5.41. The van der Waals surface area contributed by atoms with E-state index in [0.29, 0.717) is 0 Å². The molecule has 0 radical (unpaired) electrons. The van der Waals surface area contributed by atoms with Crippen molar-refractivity contribution in [3.63, 3.8) is 0 Å². The standard InChI is InChI=1S/C30H50O2/c1-25(2,3)21-13-15-23(31)29(19-21,27(7,8)9)17-18-30(28(10,11)12)20-22(26(4,5)6)14-16-24(30)32/h13-16,19-20,23-24,31-32H,17-18H2,1-12H3. The summed E-state index contributed by atoms with van der Waals surface area (Å²) in [6.07, 6.45) is 13.4. The van der Waals surface area contributed by atoms with Gasteiger partial charge in [0.15, 0.2) is 0 Å². The summed E-state index contributed by atoms with van der Waals surface area (Å²) in [5.41, 5.74) is 1.49. The molecule has 0 bridgehead atoms. The first-order chi connectivity index (χ1) is 14.2. The van der Waals surface area contributed by atoms with Crippen LogP contribution in [0.5, 0.6) is 0 Å². The maximum absolute atomic E-state index is 11.4. The highest BCUT2D eigenvalue weighted by molar-refractivity contribution is 5.38. The molecule has 0 spiro atoms. The Morgan fingerprint density at radius 1 is 0.594 bits per heavy atom. The zero-order valence-electron chi connectivity index (χ0n) is 22.9. The maximum atomic E-state index is 11.4. The quantitative estimate of drug-likeness (QED) is 0.471. The highest BCUT2D eigenvalue weighted by atomic mass is 16.3. The fraction of sp³-hybridized carbons (Fsp3) is 0.733. The van der Waals surface area contributed by atoms with Crippen molar-refractivity contribution in [2.75, 3.05) is 0 Å². The van der Waals surface area contributed by atoms with Gasteiger partial charge in [0.05, 0.1) is 12.2 Å². The molecule has 0 heterocycles. The van der Waals surface area contributed by atoms with E-state index < -0.39 is 23.0 Å². The second-order valence-electron chi connectivity index (χ2n) is 14.4. The average molecular weight is 443 g/mol. The molecule has 2 aliphatic rings. The van der Waals surface area contributed by atoms with E-state index in [4.69, 9.17) is 0 Å². The number of aliphatic hydroxyl groups is 2. The average Bonchev–Trinajstić information content (AvgIpc) is 2.58. The van der Waals surface area contributed by atoms with Crippen LogP contribution in [0.4, 0.5) is 0 Å². The number of hydrogen-bond donors (Lipinski definition) is 2. The molecule has 0 aromatic heterocycles. The van der Waals surface area contributed by atoms with Crippen LogP contribution in [0.15, 0.2) is 47.6 Å². The Morgan fingerprint density at radius 2 is 0.875 bits per heavy atom. The van der Waals surface area contributed by atoms with Crippen molar-refractivity contribution in [1.82, 2.24) is 0 Å². The molecule has 0 aromatic rings. The number of aliphatic hydroxyl groups excluding tert-OH is 2. The summed E-state index contributed by atoms with van der Waals surface area (Å²) in [7, 11) is 0. The van der Waals surface area contributed by atoms with Crippen molar-refractivity contribution in [3.8, 4) is 0 Å². The second-order valence-corrected chi connectivity index (χ2v) is 14.4. The Labute approximate surface area is 198 Å². The number of hydrogen-bond acceptors (Lipinski definition) is 2. The smallest absolute Gasteiger partial charge is 0.0819 e. The van der Waals surface area contributed by atoms with Gasteiger partial charge in [-0.3, -0.25) is 0 Å². The van der Waals surface area contributed by atoms with Gasteiger partial charge in [-0.2, -0.15) is 0 Å². The topological polar surface area (TPSA) is 40.5 Å². The molecule has 32 heavy (non-hydrogen) atoms. The molecule has 2 rings (SSSR count). The number of rotatable bonds is 3. The molecule has 0 saturated heterocycles. The Kier molecular flexibility index (Phi) is 7.01. The minimum Gasteiger partial charge on any atom is -0.388 e. The largest absolute Gasteiger partial charge is 0.388 e. The van der Waals surface area contributed by atoms with Crippen LogP contribution in [0.2, 0.25) is 0 Å². The van der Waals surface area contributed by atoms with E-state index in [-0.39, 0.29) is 21.7 Å². The summed E-state index contributed by atoms with van der Waals surface area (Å²) in [6, 6.07) is 0. The van der Waals surface area contributed by atoms with Crippen molar-refractivity contribution in [2.24, 2.45) is 32.5 Å². The molecule has 2 N–H and O–H groups in total. The van der Waals surface area contributed by atoms with Gasteiger partial charge in [0.2, 0.25) is 0 Å². The molecule has 0 aromatic carbocycles. The summed E-state index contributed by atoms with van der Waals surface area (Å²) in [6.45, 7) is 26.8. The van der Waals surface area contributed by atoms with Crippen LogP contribution >= 0.6 is 0 Å². The van der Waals surface area contributed by atoms with Gasteiger partial charge >= 0.3 is 0 Å². The van der Waals surface area contributed by atoms with Crippen molar-refractivity contribution in [3.05, 3.63) is 47.6 Å².